The van der Waals surface area contributed by atoms with Crippen LogP contribution < -0.4 is 0 Å². The topological polar surface area (TPSA) is 46.5 Å². The molecule has 0 bridgehead atoms. The summed E-state index contributed by atoms with van der Waals surface area (Å²) in [6.07, 6.45) is 3.10. The number of carbonyl (C=O) groups excluding carboxylic acids is 1. The average molecular weight is 172 g/mol. The van der Waals surface area contributed by atoms with Gasteiger partial charge in [-0.2, -0.15) is 0 Å². The molecule has 0 heterocycles. The third-order valence-electron chi connectivity index (χ3n) is 2.32. The maximum Gasteiger partial charge on any atom is 0.311 e. The molecular formula is C9H16O3. The first-order valence-corrected chi connectivity index (χ1v) is 4.60. The average Bonchev–Trinajstić information content (AvgIpc) is 2.05. The zero-order chi connectivity index (χ0) is 8.97. The molecule has 1 fully saturated rings. The molecule has 0 aromatic carbocycles. The Morgan fingerprint density at radius 2 is 2.17 bits per heavy atom. The fourth-order valence-corrected chi connectivity index (χ4v) is 1.64. The van der Waals surface area contributed by atoms with Crippen LogP contribution in [-0.4, -0.2) is 23.8 Å². The van der Waals surface area contributed by atoms with Crippen molar-refractivity contribution in [2.75, 3.05) is 6.61 Å². The second-order valence-electron chi connectivity index (χ2n) is 3.21. The number of carbonyl (C=O) groups is 1. The van der Waals surface area contributed by atoms with Gasteiger partial charge in [0.2, 0.25) is 0 Å². The highest BCUT2D eigenvalue weighted by Crippen LogP contribution is 2.25. The SMILES string of the molecule is CCOC(=O)[C@H]1CCCC[C@@H]1O. The maximum absolute atomic E-state index is 11.2. The Kier molecular flexibility index (Phi) is 3.53. The molecule has 1 aliphatic carbocycles. The van der Waals surface area contributed by atoms with Crippen LogP contribution in [-0.2, 0) is 9.53 Å². The van der Waals surface area contributed by atoms with Crippen LogP contribution in [0.25, 0.3) is 0 Å². The van der Waals surface area contributed by atoms with Gasteiger partial charge in [0.05, 0.1) is 18.6 Å². The van der Waals surface area contributed by atoms with E-state index in [1.807, 2.05) is 0 Å². The molecule has 0 unspecified atom stereocenters. The van der Waals surface area contributed by atoms with E-state index in [1.54, 1.807) is 6.92 Å². The van der Waals surface area contributed by atoms with E-state index in [-0.39, 0.29) is 11.9 Å². The molecule has 70 valence electrons. The van der Waals surface area contributed by atoms with Crippen molar-refractivity contribution in [3.63, 3.8) is 0 Å². The monoisotopic (exact) mass is 172 g/mol. The summed E-state index contributed by atoms with van der Waals surface area (Å²) >= 11 is 0. The molecule has 3 nitrogen and oxygen atoms in total. The minimum absolute atomic E-state index is 0.232. The van der Waals surface area contributed by atoms with Gasteiger partial charge in [0.15, 0.2) is 0 Å². The fraction of sp³-hybridized carbons (Fsp3) is 0.889. The first kappa shape index (κ1) is 9.52. The van der Waals surface area contributed by atoms with E-state index in [0.717, 1.165) is 25.7 Å². The smallest absolute Gasteiger partial charge is 0.311 e. The van der Waals surface area contributed by atoms with Crippen LogP contribution in [0.5, 0.6) is 0 Å². The van der Waals surface area contributed by atoms with Crippen molar-refractivity contribution in [1.29, 1.82) is 0 Å². The Labute approximate surface area is 72.7 Å². The predicted molar refractivity (Wildman–Crippen MR) is 44.6 cm³/mol. The van der Waals surface area contributed by atoms with Crippen LogP contribution in [0.2, 0.25) is 0 Å². The minimum Gasteiger partial charge on any atom is -0.466 e. The minimum atomic E-state index is -0.474. The largest absolute Gasteiger partial charge is 0.466 e. The van der Waals surface area contributed by atoms with Crippen molar-refractivity contribution < 1.29 is 14.6 Å². The molecule has 0 saturated heterocycles. The van der Waals surface area contributed by atoms with E-state index in [0.29, 0.717) is 6.61 Å². The normalized spacial score (nSPS) is 29.8. The van der Waals surface area contributed by atoms with Crippen molar-refractivity contribution in [3.05, 3.63) is 0 Å². The summed E-state index contributed by atoms with van der Waals surface area (Å²) in [4.78, 5) is 11.2. The Balaban J connectivity index is 2.42. The van der Waals surface area contributed by atoms with Gasteiger partial charge >= 0.3 is 5.97 Å². The Hall–Kier alpha value is -0.570. The summed E-state index contributed by atoms with van der Waals surface area (Å²) in [5.41, 5.74) is 0. The van der Waals surface area contributed by atoms with Crippen molar-refractivity contribution in [2.45, 2.75) is 38.7 Å². The number of hydrogen-bond acceptors (Lipinski definition) is 3. The first-order chi connectivity index (χ1) is 5.75. The number of esters is 1. The summed E-state index contributed by atoms with van der Waals surface area (Å²) in [6, 6.07) is 0. The molecule has 0 radical (unpaired) electrons. The summed E-state index contributed by atoms with van der Waals surface area (Å²) < 4.78 is 4.85. The van der Waals surface area contributed by atoms with Gasteiger partial charge in [0, 0.05) is 0 Å². The van der Waals surface area contributed by atoms with E-state index in [2.05, 4.69) is 0 Å². The molecule has 0 amide bonds. The van der Waals surface area contributed by atoms with Crippen molar-refractivity contribution in [1.82, 2.24) is 0 Å². The highest BCUT2D eigenvalue weighted by molar-refractivity contribution is 5.73. The highest BCUT2D eigenvalue weighted by atomic mass is 16.5. The van der Waals surface area contributed by atoms with Crippen LogP contribution in [0, 0.1) is 5.92 Å². The summed E-state index contributed by atoms with van der Waals surface area (Å²) in [5, 5.41) is 9.47. The van der Waals surface area contributed by atoms with Gasteiger partial charge < -0.3 is 9.84 Å². The lowest BCUT2D eigenvalue weighted by Gasteiger charge is -2.25. The molecule has 3 heteroatoms. The molecule has 0 aromatic heterocycles. The van der Waals surface area contributed by atoms with Gasteiger partial charge in [-0.3, -0.25) is 4.79 Å². The second-order valence-corrected chi connectivity index (χ2v) is 3.21. The van der Waals surface area contributed by atoms with E-state index < -0.39 is 6.10 Å². The van der Waals surface area contributed by atoms with Crippen LogP contribution in [0.1, 0.15) is 32.6 Å². The number of aliphatic hydroxyl groups is 1. The lowest BCUT2D eigenvalue weighted by Crippen LogP contribution is -2.32. The third kappa shape index (κ3) is 2.21. The molecule has 0 spiro atoms. The Bertz CT molecular complexity index is 156. The molecular weight excluding hydrogens is 156 g/mol. The zero-order valence-electron chi connectivity index (χ0n) is 7.45. The quantitative estimate of drug-likeness (QED) is 0.634. The van der Waals surface area contributed by atoms with E-state index in [4.69, 9.17) is 4.74 Å². The maximum atomic E-state index is 11.2. The number of rotatable bonds is 2. The van der Waals surface area contributed by atoms with Crippen LogP contribution in [0.4, 0.5) is 0 Å². The van der Waals surface area contributed by atoms with Gasteiger partial charge in [-0.05, 0) is 19.8 Å². The lowest BCUT2D eigenvalue weighted by molar-refractivity contribution is -0.153. The van der Waals surface area contributed by atoms with Crippen molar-refractivity contribution >= 4 is 5.97 Å². The highest BCUT2D eigenvalue weighted by Gasteiger charge is 2.30. The zero-order valence-corrected chi connectivity index (χ0v) is 7.45. The molecule has 1 saturated carbocycles. The Morgan fingerprint density at radius 3 is 2.75 bits per heavy atom. The standard InChI is InChI=1S/C9H16O3/c1-2-12-9(11)7-5-3-4-6-8(7)10/h7-8,10H,2-6H2,1H3/t7-,8-/m0/s1. The number of ether oxygens (including phenoxy) is 1. The van der Waals surface area contributed by atoms with Gasteiger partial charge in [-0.1, -0.05) is 12.8 Å². The molecule has 1 N–H and O–H groups in total. The second kappa shape index (κ2) is 4.45. The van der Waals surface area contributed by atoms with Crippen molar-refractivity contribution in [2.24, 2.45) is 5.92 Å². The van der Waals surface area contributed by atoms with E-state index >= 15 is 0 Å². The summed E-state index contributed by atoms with van der Waals surface area (Å²) in [5.74, 6) is -0.497. The molecule has 1 rings (SSSR count). The fourth-order valence-electron chi connectivity index (χ4n) is 1.64. The third-order valence-corrected chi connectivity index (χ3v) is 2.32. The van der Waals surface area contributed by atoms with E-state index in [1.165, 1.54) is 0 Å². The van der Waals surface area contributed by atoms with Crippen LogP contribution in [0.3, 0.4) is 0 Å². The lowest BCUT2D eigenvalue weighted by atomic mass is 9.87. The van der Waals surface area contributed by atoms with Gasteiger partial charge in [0.25, 0.3) is 0 Å². The van der Waals surface area contributed by atoms with Gasteiger partial charge in [-0.15, -0.1) is 0 Å². The summed E-state index contributed by atoms with van der Waals surface area (Å²) in [6.45, 7) is 2.19. The Morgan fingerprint density at radius 1 is 1.50 bits per heavy atom. The van der Waals surface area contributed by atoms with Crippen LogP contribution in [0.15, 0.2) is 0 Å². The van der Waals surface area contributed by atoms with Crippen molar-refractivity contribution in [3.8, 4) is 0 Å². The van der Waals surface area contributed by atoms with Crippen LogP contribution >= 0.6 is 0 Å². The number of hydrogen-bond donors (Lipinski definition) is 1. The van der Waals surface area contributed by atoms with Gasteiger partial charge in [0.1, 0.15) is 0 Å². The molecule has 2 atom stereocenters. The first-order valence-electron chi connectivity index (χ1n) is 4.60. The number of aliphatic hydroxyl groups excluding tert-OH is 1. The molecule has 0 aliphatic heterocycles. The van der Waals surface area contributed by atoms with Gasteiger partial charge in [-0.25, -0.2) is 0 Å². The van der Waals surface area contributed by atoms with E-state index in [9.17, 15) is 9.90 Å². The predicted octanol–water partition coefficient (Wildman–Crippen LogP) is 1.10. The molecule has 12 heavy (non-hydrogen) atoms. The molecule has 1 aliphatic rings. The molecule has 0 aromatic rings. The summed E-state index contributed by atoms with van der Waals surface area (Å²) in [7, 11) is 0.